The molecule has 4 heteroatoms. The molecule has 3 unspecified atom stereocenters. The van der Waals surface area contributed by atoms with Gasteiger partial charge in [-0.05, 0) is 25.0 Å². The van der Waals surface area contributed by atoms with Gasteiger partial charge in [0.15, 0.2) is 6.29 Å². The summed E-state index contributed by atoms with van der Waals surface area (Å²) in [6.07, 6.45) is 8.75. The van der Waals surface area contributed by atoms with E-state index in [4.69, 9.17) is 9.47 Å². The number of carbonyl (C=O) groups is 1. The number of methoxy groups -OCH3 is 1. The quantitative estimate of drug-likeness (QED) is 0.648. The van der Waals surface area contributed by atoms with E-state index in [1.807, 2.05) is 11.0 Å². The van der Waals surface area contributed by atoms with E-state index in [0.29, 0.717) is 6.42 Å². The van der Waals surface area contributed by atoms with Crippen LogP contribution in [0.4, 0.5) is 0 Å². The average Bonchev–Trinajstić information content (AvgIpc) is 2.71. The molecule has 0 N–H and O–H groups in total. The molecule has 1 spiro atoms. The lowest BCUT2D eigenvalue weighted by atomic mass is 9.91. The minimum Gasteiger partial charge on any atom is -0.352 e. The molecule has 0 saturated carbocycles. The minimum atomic E-state index is -0.415. The molecule has 0 aliphatic carbocycles. The van der Waals surface area contributed by atoms with Gasteiger partial charge in [0.1, 0.15) is 5.60 Å². The van der Waals surface area contributed by atoms with E-state index in [1.54, 1.807) is 7.11 Å². The molecule has 0 radical (unpaired) electrons. The predicted octanol–water partition coefficient (Wildman–Crippen LogP) is 1.46. The number of carbonyl (C=O) groups excluding carboxylic acids is 1. The number of hydrogen-bond acceptors (Lipinski definition) is 3. The van der Waals surface area contributed by atoms with Crippen molar-refractivity contribution in [1.29, 1.82) is 0 Å². The summed E-state index contributed by atoms with van der Waals surface area (Å²) in [5.41, 5.74) is -0.415. The van der Waals surface area contributed by atoms with E-state index >= 15 is 0 Å². The lowest BCUT2D eigenvalue weighted by Crippen LogP contribution is -2.44. The fourth-order valence-electron chi connectivity index (χ4n) is 3.32. The summed E-state index contributed by atoms with van der Waals surface area (Å²) in [5, 5.41) is 0. The van der Waals surface area contributed by atoms with Gasteiger partial charge in [-0.25, -0.2) is 0 Å². The Morgan fingerprint density at radius 2 is 2.35 bits per heavy atom. The molecule has 3 aliphatic rings. The topological polar surface area (TPSA) is 38.8 Å². The molecule has 0 aromatic heterocycles. The van der Waals surface area contributed by atoms with Gasteiger partial charge in [-0.2, -0.15) is 0 Å². The third-order valence-electron chi connectivity index (χ3n) is 4.17. The van der Waals surface area contributed by atoms with Crippen LogP contribution in [0.1, 0.15) is 32.1 Å². The highest BCUT2D eigenvalue weighted by molar-refractivity contribution is 5.81. The SMILES string of the molecule is COC1C=CC2(CC(=O)N3CCCCCC32)O1. The molecular formula is C13H19NO3. The number of nitrogens with zero attached hydrogens (tertiary/aromatic N) is 1. The van der Waals surface area contributed by atoms with Gasteiger partial charge in [-0.3, -0.25) is 4.79 Å². The van der Waals surface area contributed by atoms with E-state index in [9.17, 15) is 4.79 Å². The zero-order valence-corrected chi connectivity index (χ0v) is 10.2. The highest BCUT2D eigenvalue weighted by atomic mass is 16.7. The Kier molecular flexibility index (Phi) is 2.71. The van der Waals surface area contributed by atoms with E-state index in [-0.39, 0.29) is 18.2 Å². The fourth-order valence-corrected chi connectivity index (χ4v) is 3.32. The molecule has 2 fully saturated rings. The lowest BCUT2D eigenvalue weighted by Gasteiger charge is -2.32. The summed E-state index contributed by atoms with van der Waals surface area (Å²) in [6.45, 7) is 0.889. The maximum Gasteiger partial charge on any atom is 0.226 e. The number of hydrogen-bond donors (Lipinski definition) is 0. The number of ether oxygens (including phenoxy) is 2. The predicted molar refractivity (Wildman–Crippen MR) is 62.3 cm³/mol. The maximum absolute atomic E-state index is 12.1. The van der Waals surface area contributed by atoms with Gasteiger partial charge in [0.2, 0.25) is 5.91 Å². The Morgan fingerprint density at radius 1 is 1.47 bits per heavy atom. The van der Waals surface area contributed by atoms with E-state index < -0.39 is 5.60 Å². The number of fused-ring (bicyclic) bond motifs is 2. The van der Waals surface area contributed by atoms with E-state index in [2.05, 4.69) is 6.08 Å². The monoisotopic (exact) mass is 237 g/mol. The summed E-state index contributed by atoms with van der Waals surface area (Å²) in [4.78, 5) is 14.1. The largest absolute Gasteiger partial charge is 0.352 e. The van der Waals surface area contributed by atoms with Crippen LogP contribution in [0.3, 0.4) is 0 Å². The van der Waals surface area contributed by atoms with Gasteiger partial charge in [0, 0.05) is 13.7 Å². The Balaban J connectivity index is 1.86. The molecule has 94 valence electrons. The summed E-state index contributed by atoms with van der Waals surface area (Å²) >= 11 is 0. The second-order valence-electron chi connectivity index (χ2n) is 5.17. The summed E-state index contributed by atoms with van der Waals surface area (Å²) in [7, 11) is 1.63. The molecule has 0 aromatic carbocycles. The molecule has 0 aromatic rings. The van der Waals surface area contributed by atoms with Crippen LogP contribution in [0, 0.1) is 0 Å². The fraction of sp³-hybridized carbons (Fsp3) is 0.769. The molecule has 2 saturated heterocycles. The van der Waals surface area contributed by atoms with Crippen molar-refractivity contribution in [2.45, 2.75) is 50.0 Å². The normalized spacial score (nSPS) is 41.0. The second-order valence-corrected chi connectivity index (χ2v) is 5.17. The standard InChI is InChI=1S/C13H19NO3/c1-16-12-6-7-13(17-12)9-11(15)14-8-4-2-3-5-10(13)14/h6-7,10,12H,2-5,8-9H2,1H3. The highest BCUT2D eigenvalue weighted by Gasteiger charge is 2.54. The van der Waals surface area contributed by atoms with Gasteiger partial charge < -0.3 is 14.4 Å². The summed E-state index contributed by atoms with van der Waals surface area (Å²) in [6, 6.07) is 0.217. The van der Waals surface area contributed by atoms with Crippen LogP contribution in [-0.4, -0.2) is 42.4 Å². The third kappa shape index (κ3) is 1.70. The van der Waals surface area contributed by atoms with Crippen molar-refractivity contribution in [2.75, 3.05) is 13.7 Å². The van der Waals surface area contributed by atoms with Crippen molar-refractivity contribution >= 4 is 5.91 Å². The van der Waals surface area contributed by atoms with Crippen molar-refractivity contribution in [3.05, 3.63) is 12.2 Å². The van der Waals surface area contributed by atoms with Gasteiger partial charge in [-0.1, -0.05) is 12.8 Å². The van der Waals surface area contributed by atoms with Crippen molar-refractivity contribution in [3.63, 3.8) is 0 Å². The first-order valence-corrected chi connectivity index (χ1v) is 6.45. The van der Waals surface area contributed by atoms with Crippen molar-refractivity contribution in [2.24, 2.45) is 0 Å². The van der Waals surface area contributed by atoms with Crippen molar-refractivity contribution < 1.29 is 14.3 Å². The van der Waals surface area contributed by atoms with Gasteiger partial charge in [0.05, 0.1) is 12.5 Å². The molecule has 3 rings (SSSR count). The summed E-state index contributed by atoms with van der Waals surface area (Å²) < 4.78 is 11.2. The molecule has 1 amide bonds. The Bertz CT molecular complexity index is 355. The minimum absolute atomic E-state index is 0.217. The first kappa shape index (κ1) is 11.2. The highest BCUT2D eigenvalue weighted by Crippen LogP contribution is 2.42. The van der Waals surface area contributed by atoms with E-state index in [0.717, 1.165) is 19.4 Å². The van der Waals surface area contributed by atoms with Crippen molar-refractivity contribution in [3.8, 4) is 0 Å². The number of rotatable bonds is 1. The molecule has 4 nitrogen and oxygen atoms in total. The first-order chi connectivity index (χ1) is 8.25. The first-order valence-electron chi connectivity index (χ1n) is 6.45. The lowest BCUT2D eigenvalue weighted by molar-refractivity contribution is -0.149. The van der Waals surface area contributed by atoms with Gasteiger partial charge in [-0.15, -0.1) is 0 Å². The van der Waals surface area contributed by atoms with Gasteiger partial charge >= 0.3 is 0 Å². The molecule has 3 aliphatic heterocycles. The maximum atomic E-state index is 12.1. The van der Waals surface area contributed by atoms with Crippen LogP contribution in [0.5, 0.6) is 0 Å². The Labute approximate surface area is 102 Å². The molecular weight excluding hydrogens is 218 g/mol. The Hall–Kier alpha value is -0.870. The molecule has 17 heavy (non-hydrogen) atoms. The molecule has 3 heterocycles. The van der Waals surface area contributed by atoms with Gasteiger partial charge in [0.25, 0.3) is 0 Å². The van der Waals surface area contributed by atoms with Crippen LogP contribution in [0.2, 0.25) is 0 Å². The van der Waals surface area contributed by atoms with E-state index in [1.165, 1.54) is 12.8 Å². The number of amides is 1. The molecule has 3 atom stereocenters. The van der Waals surface area contributed by atoms with Crippen LogP contribution < -0.4 is 0 Å². The van der Waals surface area contributed by atoms with Crippen LogP contribution >= 0.6 is 0 Å². The summed E-state index contributed by atoms with van der Waals surface area (Å²) in [5.74, 6) is 0.235. The third-order valence-corrected chi connectivity index (χ3v) is 4.17. The zero-order valence-electron chi connectivity index (χ0n) is 10.2. The van der Waals surface area contributed by atoms with Crippen LogP contribution in [-0.2, 0) is 14.3 Å². The smallest absolute Gasteiger partial charge is 0.226 e. The molecule has 0 bridgehead atoms. The average molecular weight is 237 g/mol. The van der Waals surface area contributed by atoms with Crippen LogP contribution in [0.25, 0.3) is 0 Å². The Morgan fingerprint density at radius 3 is 3.12 bits per heavy atom. The zero-order chi connectivity index (χ0) is 11.9. The van der Waals surface area contributed by atoms with Crippen LogP contribution in [0.15, 0.2) is 12.2 Å². The van der Waals surface area contributed by atoms with Crippen molar-refractivity contribution in [1.82, 2.24) is 4.90 Å². The second kappa shape index (κ2) is 4.10.